The summed E-state index contributed by atoms with van der Waals surface area (Å²) < 4.78 is 13.6. The highest BCUT2D eigenvalue weighted by Crippen LogP contribution is 2.11. The van der Waals surface area contributed by atoms with Crippen molar-refractivity contribution in [3.63, 3.8) is 0 Å². The van der Waals surface area contributed by atoms with Crippen LogP contribution in [-0.4, -0.2) is 7.11 Å². The molecule has 0 aliphatic heterocycles. The Hall–Kier alpha value is -2.41. The molecule has 28 heavy (non-hydrogen) atoms. The topological polar surface area (TPSA) is 38.2 Å². The van der Waals surface area contributed by atoms with Gasteiger partial charge >= 0.3 is 0 Å². The van der Waals surface area contributed by atoms with E-state index in [0.29, 0.717) is 4.53 Å². The molecule has 0 aliphatic carbocycles. The van der Waals surface area contributed by atoms with Gasteiger partial charge in [0.1, 0.15) is 4.70 Å². The molecule has 0 amide bonds. The van der Waals surface area contributed by atoms with Gasteiger partial charge in [-0.1, -0.05) is 30.4 Å². The van der Waals surface area contributed by atoms with Crippen molar-refractivity contribution in [2.75, 3.05) is 7.11 Å². The molecule has 0 fully saturated rings. The minimum Gasteiger partial charge on any atom is -0.616 e. The molecule has 3 heterocycles. The first-order chi connectivity index (χ1) is 13.7. The van der Waals surface area contributed by atoms with Crippen molar-refractivity contribution in [1.82, 2.24) is 0 Å². The van der Waals surface area contributed by atoms with Crippen LogP contribution in [0.15, 0.2) is 48.5 Å². The third-order valence-electron chi connectivity index (χ3n) is 4.19. The normalized spacial score (nSPS) is 16.1. The summed E-state index contributed by atoms with van der Waals surface area (Å²) in [5.74, 6) is -0.283. The van der Waals surface area contributed by atoms with Crippen LogP contribution < -0.4 is 23.1 Å². The summed E-state index contributed by atoms with van der Waals surface area (Å²) in [4.78, 5) is 0. The fraction of sp³-hybridized carbons (Fsp3) is 0.136. The number of thiophene rings is 2. The van der Waals surface area contributed by atoms with Crippen LogP contribution >= 0.6 is 34.0 Å². The first-order valence-electron chi connectivity index (χ1n) is 8.92. The van der Waals surface area contributed by atoms with Gasteiger partial charge in [-0.05, 0) is 43.5 Å². The van der Waals surface area contributed by atoms with E-state index in [-0.39, 0.29) is 5.95 Å². The highest BCUT2D eigenvalue weighted by Gasteiger charge is 2.07. The quantitative estimate of drug-likeness (QED) is 0.473. The fourth-order valence-corrected chi connectivity index (χ4v) is 5.89. The van der Waals surface area contributed by atoms with Crippen molar-refractivity contribution in [2.24, 2.45) is 0 Å². The predicted octanol–water partition coefficient (Wildman–Crippen LogP) is 2.35. The Morgan fingerprint density at radius 3 is 2.61 bits per heavy atom. The lowest BCUT2D eigenvalue weighted by molar-refractivity contribution is -0.490. The Bertz CT molecular complexity index is 1460. The average molecular weight is 426 g/mol. The molecule has 142 valence electrons. The van der Waals surface area contributed by atoms with Crippen LogP contribution in [0.3, 0.4) is 0 Å². The molecule has 0 spiro atoms. The van der Waals surface area contributed by atoms with Gasteiger partial charge in [-0.3, -0.25) is 0 Å². The molecule has 0 bridgehead atoms. The maximum atomic E-state index is 11.7. The van der Waals surface area contributed by atoms with E-state index in [1.54, 1.807) is 22.7 Å². The molecule has 0 saturated heterocycles. The van der Waals surface area contributed by atoms with Crippen molar-refractivity contribution >= 4 is 62.3 Å². The highest BCUT2D eigenvalue weighted by atomic mass is 32.1. The van der Waals surface area contributed by atoms with Gasteiger partial charge in [-0.2, -0.15) is 4.24 Å². The minimum absolute atomic E-state index is 0.283. The van der Waals surface area contributed by atoms with Gasteiger partial charge in [0.2, 0.25) is 5.52 Å². The number of hydrogen-bond donors (Lipinski definition) is 0. The summed E-state index contributed by atoms with van der Waals surface area (Å²) in [5.41, 5.74) is 1.25. The number of ether oxygens (including phenoxy) is 1. The summed E-state index contributed by atoms with van der Waals surface area (Å²) in [5, 5.41) is 11.7. The summed E-state index contributed by atoms with van der Waals surface area (Å²) in [6, 6.07) is 16.5. The van der Waals surface area contributed by atoms with Crippen LogP contribution in [0.5, 0.6) is 0 Å². The lowest BCUT2D eigenvalue weighted by Crippen LogP contribution is -2.32. The number of fused-ring (bicyclic) bond motifs is 1. The zero-order chi connectivity index (χ0) is 19.5. The second kappa shape index (κ2) is 8.31. The van der Waals surface area contributed by atoms with E-state index in [2.05, 4.69) is 65.9 Å². The van der Waals surface area contributed by atoms with Crippen LogP contribution in [0.1, 0.15) is 13.3 Å². The minimum atomic E-state index is -0.283. The molecule has 0 radical (unpaired) electrons. The van der Waals surface area contributed by atoms with Crippen molar-refractivity contribution in [1.29, 1.82) is 0 Å². The van der Waals surface area contributed by atoms with E-state index in [1.165, 1.54) is 37.9 Å². The van der Waals surface area contributed by atoms with Crippen LogP contribution in [0.2, 0.25) is 0 Å². The first-order valence-corrected chi connectivity index (χ1v) is 11.4. The summed E-state index contributed by atoms with van der Waals surface area (Å²) in [7, 11) is 1.41. The van der Waals surface area contributed by atoms with Gasteiger partial charge < -0.3 is 9.84 Å². The molecule has 0 atom stereocenters. The van der Waals surface area contributed by atoms with Crippen molar-refractivity contribution in [3.8, 4) is 0 Å². The maximum absolute atomic E-state index is 11.7. The molecule has 0 aliphatic rings. The molecule has 0 saturated carbocycles. The number of para-hydroxylation sites is 1. The number of rotatable bonds is 3. The first kappa shape index (κ1) is 18.9. The predicted molar refractivity (Wildman–Crippen MR) is 117 cm³/mol. The average Bonchev–Trinajstić information content (AvgIpc) is 3.45. The molecule has 1 aromatic carbocycles. The van der Waals surface area contributed by atoms with Crippen LogP contribution in [-0.2, 0) is 4.74 Å². The van der Waals surface area contributed by atoms with Gasteiger partial charge in [0.15, 0.2) is 6.21 Å². The standard InChI is InChI=1S/C22H19NO2S3/c1-3-14-23-16-6-4-5-7-17(16)28-21(23)13-9-15-8-10-18(26-15)19-11-12-20(27-19)22(24)25-2/h4-14H,3H2,1-2H3/b15-9-,19-18+,21-13+,22-20-,23-14+. The highest BCUT2D eigenvalue weighted by molar-refractivity contribution is 7.16. The Morgan fingerprint density at radius 1 is 1.00 bits per heavy atom. The Morgan fingerprint density at radius 2 is 1.79 bits per heavy atom. The van der Waals surface area contributed by atoms with Crippen molar-refractivity contribution < 1.29 is 14.1 Å². The Balaban J connectivity index is 1.86. The van der Waals surface area contributed by atoms with Gasteiger partial charge in [0.05, 0.1) is 5.95 Å². The second-order valence-electron chi connectivity index (χ2n) is 6.06. The number of nitrogens with zero attached hydrogens (tertiary/aromatic N) is 1. The molecule has 3 aromatic heterocycles. The lowest BCUT2D eigenvalue weighted by atomic mass is 10.3. The number of thiazole rings is 1. The maximum Gasteiger partial charge on any atom is 0.267 e. The zero-order valence-electron chi connectivity index (χ0n) is 15.5. The lowest BCUT2D eigenvalue weighted by Gasteiger charge is -2.04. The smallest absolute Gasteiger partial charge is 0.267 e. The van der Waals surface area contributed by atoms with Crippen LogP contribution in [0.25, 0.3) is 28.3 Å². The van der Waals surface area contributed by atoms with Crippen molar-refractivity contribution in [2.45, 2.75) is 13.3 Å². The van der Waals surface area contributed by atoms with Crippen LogP contribution in [0, 0.1) is 15.3 Å². The SMILES string of the molecule is CC/C=[n+]1/c(=C\C=c2\cc/c(=c3/cc/c(=C(\[O-])OC)s3)s2)sc2ccccc21. The van der Waals surface area contributed by atoms with Crippen LogP contribution in [0.4, 0.5) is 0 Å². The molecule has 4 rings (SSSR count). The van der Waals surface area contributed by atoms with E-state index in [4.69, 9.17) is 4.74 Å². The van der Waals surface area contributed by atoms with E-state index < -0.39 is 0 Å². The third kappa shape index (κ3) is 3.76. The molecule has 0 unspecified atom stereocenters. The van der Waals surface area contributed by atoms with E-state index in [1.807, 2.05) is 12.1 Å². The summed E-state index contributed by atoms with van der Waals surface area (Å²) in [6.45, 7) is 2.15. The van der Waals surface area contributed by atoms with Gasteiger partial charge in [-0.15, -0.1) is 22.7 Å². The number of methoxy groups -OCH3 is 1. The van der Waals surface area contributed by atoms with Gasteiger partial charge in [-0.25, -0.2) is 0 Å². The second-order valence-corrected chi connectivity index (χ2v) is 9.32. The van der Waals surface area contributed by atoms with Crippen molar-refractivity contribution in [3.05, 3.63) is 77.5 Å². The summed E-state index contributed by atoms with van der Waals surface area (Å²) >= 11 is 4.98. The number of hydrogen-bond acceptors (Lipinski definition) is 5. The zero-order valence-corrected chi connectivity index (χ0v) is 18.0. The number of aromatic nitrogens is 1. The monoisotopic (exact) mass is 425 g/mol. The molecule has 6 heteroatoms. The van der Waals surface area contributed by atoms with E-state index in [0.717, 1.165) is 15.5 Å². The van der Waals surface area contributed by atoms with Gasteiger partial charge in [0.25, 0.3) is 4.66 Å². The molecule has 0 N–H and O–H groups in total. The molecule has 3 nitrogen and oxygen atoms in total. The Labute approximate surface area is 174 Å². The molecule has 4 aromatic rings. The van der Waals surface area contributed by atoms with Gasteiger partial charge in [0, 0.05) is 36.7 Å². The summed E-state index contributed by atoms with van der Waals surface area (Å²) in [6.07, 6.45) is 7.54. The van der Waals surface area contributed by atoms with E-state index in [9.17, 15) is 5.11 Å². The third-order valence-corrected chi connectivity index (χ3v) is 7.61. The van der Waals surface area contributed by atoms with E-state index >= 15 is 0 Å². The Kier molecular flexibility index (Phi) is 5.62. The molecular weight excluding hydrogens is 406 g/mol. The molecular formula is C22H19NO2S3. The largest absolute Gasteiger partial charge is 0.616 e. The number of benzene rings is 1. The fourth-order valence-electron chi connectivity index (χ4n) is 2.92.